The number of benzene rings is 1. The monoisotopic (exact) mass is 352 g/mol. The molecule has 1 aromatic carbocycles. The number of phenols is 2. The summed E-state index contributed by atoms with van der Waals surface area (Å²) >= 11 is 0. The summed E-state index contributed by atoms with van der Waals surface area (Å²) in [5, 5.41) is 25.9. The van der Waals surface area contributed by atoms with Crippen LogP contribution in [0.2, 0.25) is 0 Å². The van der Waals surface area contributed by atoms with Gasteiger partial charge >= 0.3 is 6.09 Å². The van der Waals surface area contributed by atoms with Crippen LogP contribution in [0, 0.1) is 0 Å². The first-order valence-electron chi connectivity index (χ1n) is 8.78. The third-order valence-electron chi connectivity index (χ3n) is 4.34. The molecule has 142 valence electrons. The first-order valence-corrected chi connectivity index (χ1v) is 8.78. The molecule has 0 aliphatic carbocycles. The van der Waals surface area contributed by atoms with Crippen LogP contribution in [0.3, 0.4) is 0 Å². The largest absolute Gasteiger partial charge is 0.508 e. The summed E-state index contributed by atoms with van der Waals surface area (Å²) < 4.78 is 5.37. The summed E-state index contributed by atoms with van der Waals surface area (Å²) in [5.41, 5.74) is -0.396. The molecule has 0 fully saturated rings. The Balaban J connectivity index is 2.80. The zero-order chi connectivity index (χ0) is 19.3. The van der Waals surface area contributed by atoms with Gasteiger partial charge in [-0.25, -0.2) is 4.79 Å². The van der Waals surface area contributed by atoms with Crippen molar-refractivity contribution in [2.24, 2.45) is 0 Å². The van der Waals surface area contributed by atoms with E-state index < -0.39 is 17.2 Å². The van der Waals surface area contributed by atoms with Crippen LogP contribution in [0.25, 0.3) is 0 Å². The Bertz CT molecular complexity index is 577. The summed E-state index contributed by atoms with van der Waals surface area (Å²) in [6.07, 6.45) is 1.02. The number of carbonyl (C=O) groups is 1. The number of nitrogens with one attached hydrogen (secondary N) is 2. The van der Waals surface area contributed by atoms with Gasteiger partial charge in [-0.2, -0.15) is 0 Å². The van der Waals surface area contributed by atoms with Crippen LogP contribution in [-0.4, -0.2) is 34.0 Å². The minimum atomic E-state index is -0.550. The minimum Gasteiger partial charge on any atom is -0.508 e. The molecule has 0 aromatic heterocycles. The normalized spacial score (nSPS) is 13.4. The summed E-state index contributed by atoms with van der Waals surface area (Å²) in [6, 6.07) is 4.26. The van der Waals surface area contributed by atoms with E-state index in [4.69, 9.17) is 4.74 Å². The van der Waals surface area contributed by atoms with Gasteiger partial charge < -0.3 is 25.6 Å². The van der Waals surface area contributed by atoms with Crippen LogP contribution in [0.15, 0.2) is 18.2 Å². The standard InChI is InChI=1S/C19H32N2O4/c1-7-19(8-2,21-17(24)25-18(4,5)6)12-20-13(3)15-11-14(22)9-10-16(15)23/h9-11,13,20,22-23H,7-8,12H2,1-6H3,(H,21,24). The molecule has 1 atom stereocenters. The minimum absolute atomic E-state index is 0.102. The van der Waals surface area contributed by atoms with Gasteiger partial charge in [-0.15, -0.1) is 0 Å². The lowest BCUT2D eigenvalue weighted by molar-refractivity contribution is 0.0444. The van der Waals surface area contributed by atoms with E-state index in [2.05, 4.69) is 10.6 Å². The number of rotatable bonds is 7. The average Bonchev–Trinajstić information content (AvgIpc) is 2.51. The number of carbonyl (C=O) groups excluding carboxylic acids is 1. The first kappa shape index (κ1) is 21.1. The average molecular weight is 352 g/mol. The van der Waals surface area contributed by atoms with Crippen molar-refractivity contribution in [3.05, 3.63) is 23.8 Å². The van der Waals surface area contributed by atoms with Gasteiger partial charge in [-0.3, -0.25) is 0 Å². The van der Waals surface area contributed by atoms with Crippen LogP contribution < -0.4 is 10.6 Å². The van der Waals surface area contributed by atoms with E-state index >= 15 is 0 Å². The maximum absolute atomic E-state index is 12.2. The molecule has 0 bridgehead atoms. The highest BCUT2D eigenvalue weighted by Crippen LogP contribution is 2.28. The molecule has 1 amide bonds. The van der Waals surface area contributed by atoms with E-state index in [-0.39, 0.29) is 17.5 Å². The van der Waals surface area contributed by atoms with Crippen LogP contribution in [0.1, 0.15) is 66.0 Å². The van der Waals surface area contributed by atoms with Gasteiger partial charge in [0.15, 0.2) is 0 Å². The zero-order valence-electron chi connectivity index (χ0n) is 16.1. The molecule has 0 saturated carbocycles. The molecule has 0 radical (unpaired) electrons. The molecule has 0 heterocycles. The molecule has 0 aliphatic heterocycles. The van der Waals surface area contributed by atoms with E-state index in [0.29, 0.717) is 12.1 Å². The lowest BCUT2D eigenvalue weighted by atomic mass is 9.92. The molecule has 25 heavy (non-hydrogen) atoms. The number of hydrogen-bond acceptors (Lipinski definition) is 5. The van der Waals surface area contributed by atoms with Gasteiger partial charge in [-0.1, -0.05) is 13.8 Å². The number of aromatic hydroxyl groups is 2. The quantitative estimate of drug-likeness (QED) is 0.560. The Labute approximate surface area is 150 Å². The van der Waals surface area contributed by atoms with Crippen molar-refractivity contribution in [2.75, 3.05) is 6.54 Å². The van der Waals surface area contributed by atoms with Crippen molar-refractivity contribution in [1.82, 2.24) is 10.6 Å². The molecule has 0 spiro atoms. The maximum Gasteiger partial charge on any atom is 0.408 e. The van der Waals surface area contributed by atoms with Crippen LogP contribution in [0.5, 0.6) is 11.5 Å². The van der Waals surface area contributed by atoms with Crippen molar-refractivity contribution in [3.8, 4) is 11.5 Å². The Morgan fingerprint density at radius 1 is 1.20 bits per heavy atom. The fourth-order valence-corrected chi connectivity index (χ4v) is 2.59. The third-order valence-corrected chi connectivity index (χ3v) is 4.34. The fraction of sp³-hybridized carbons (Fsp3) is 0.632. The van der Waals surface area contributed by atoms with Crippen molar-refractivity contribution in [2.45, 2.75) is 71.6 Å². The molecule has 4 N–H and O–H groups in total. The Morgan fingerprint density at radius 3 is 2.32 bits per heavy atom. The molecule has 6 heteroatoms. The highest BCUT2D eigenvalue weighted by Gasteiger charge is 2.31. The Kier molecular flexibility index (Phi) is 7.11. The lowest BCUT2D eigenvalue weighted by Gasteiger charge is -2.35. The van der Waals surface area contributed by atoms with E-state index in [1.165, 1.54) is 18.2 Å². The number of alkyl carbamates (subject to hydrolysis) is 1. The van der Waals surface area contributed by atoms with Crippen molar-refractivity contribution >= 4 is 6.09 Å². The summed E-state index contributed by atoms with van der Waals surface area (Å²) in [7, 11) is 0. The van der Waals surface area contributed by atoms with Gasteiger partial charge in [0.05, 0.1) is 5.54 Å². The molecule has 0 aliphatic rings. The highest BCUT2D eigenvalue weighted by atomic mass is 16.6. The summed E-state index contributed by atoms with van der Waals surface area (Å²) in [6.45, 7) is 11.9. The Hall–Kier alpha value is -1.95. The zero-order valence-corrected chi connectivity index (χ0v) is 16.1. The van der Waals surface area contributed by atoms with E-state index in [9.17, 15) is 15.0 Å². The fourth-order valence-electron chi connectivity index (χ4n) is 2.59. The highest BCUT2D eigenvalue weighted by molar-refractivity contribution is 5.68. The van der Waals surface area contributed by atoms with Gasteiger partial charge in [0.2, 0.25) is 0 Å². The number of ether oxygens (including phenoxy) is 1. The molecule has 1 aromatic rings. The molecule has 6 nitrogen and oxygen atoms in total. The molecule has 0 saturated heterocycles. The summed E-state index contributed by atoms with van der Waals surface area (Å²) in [5.74, 6) is 0.224. The Morgan fingerprint density at radius 2 is 1.80 bits per heavy atom. The van der Waals surface area contributed by atoms with Crippen LogP contribution in [-0.2, 0) is 4.74 Å². The number of amides is 1. The molecule has 1 unspecified atom stereocenters. The van der Waals surface area contributed by atoms with Gasteiger partial charge in [-0.05, 0) is 58.7 Å². The maximum atomic E-state index is 12.2. The van der Waals surface area contributed by atoms with Crippen molar-refractivity contribution in [3.63, 3.8) is 0 Å². The second-order valence-electron chi connectivity index (χ2n) is 7.46. The van der Waals surface area contributed by atoms with E-state index in [1.807, 2.05) is 41.5 Å². The van der Waals surface area contributed by atoms with Gasteiger partial charge in [0, 0.05) is 18.2 Å². The van der Waals surface area contributed by atoms with E-state index in [0.717, 1.165) is 12.8 Å². The molecular weight excluding hydrogens is 320 g/mol. The van der Waals surface area contributed by atoms with Crippen LogP contribution >= 0.6 is 0 Å². The predicted molar refractivity (Wildman–Crippen MR) is 98.9 cm³/mol. The van der Waals surface area contributed by atoms with Crippen LogP contribution in [0.4, 0.5) is 4.79 Å². The summed E-state index contributed by atoms with van der Waals surface area (Å²) in [4.78, 5) is 12.2. The SMILES string of the molecule is CCC(CC)(CNC(C)c1cc(O)ccc1O)NC(=O)OC(C)(C)C. The second kappa shape index (κ2) is 8.43. The number of hydrogen-bond donors (Lipinski definition) is 4. The van der Waals surface area contributed by atoms with E-state index in [1.54, 1.807) is 0 Å². The lowest BCUT2D eigenvalue weighted by Crippen LogP contribution is -2.55. The van der Waals surface area contributed by atoms with Crippen molar-refractivity contribution in [1.29, 1.82) is 0 Å². The van der Waals surface area contributed by atoms with Gasteiger partial charge in [0.25, 0.3) is 0 Å². The smallest absolute Gasteiger partial charge is 0.408 e. The molecule has 1 rings (SSSR count). The second-order valence-corrected chi connectivity index (χ2v) is 7.46. The number of phenolic OH excluding ortho intramolecular Hbond substituents is 2. The molecular formula is C19H32N2O4. The third kappa shape index (κ3) is 6.46. The first-order chi connectivity index (χ1) is 11.5. The topological polar surface area (TPSA) is 90.8 Å². The van der Waals surface area contributed by atoms with Crippen molar-refractivity contribution < 1.29 is 19.7 Å². The van der Waals surface area contributed by atoms with Gasteiger partial charge in [0.1, 0.15) is 17.1 Å². The predicted octanol–water partition coefficient (Wildman–Crippen LogP) is 3.83.